The molecule has 550 valence electrons. The molecule has 33 heteroatoms. The molecule has 0 aromatic rings. The van der Waals surface area contributed by atoms with Crippen LogP contribution in [0.5, 0.6) is 0 Å². The van der Waals surface area contributed by atoms with Gasteiger partial charge in [0.2, 0.25) is 0 Å². The number of ether oxygens (including phenoxy) is 13. The summed E-state index contributed by atoms with van der Waals surface area (Å²) in [7, 11) is 0. The first-order valence-corrected chi connectivity index (χ1v) is 33.8. The summed E-state index contributed by atoms with van der Waals surface area (Å²) in [6.45, 7) is 4.00. The van der Waals surface area contributed by atoms with E-state index >= 15 is 0 Å². The second kappa shape index (κ2) is 30.2. The summed E-state index contributed by atoms with van der Waals surface area (Å²) in [5.41, 5.74) is -0.156. The molecule has 0 aromatic carbocycles. The second-order valence-corrected chi connectivity index (χ2v) is 29.4. The van der Waals surface area contributed by atoms with Crippen LogP contribution in [0.15, 0.2) is 0 Å². The van der Waals surface area contributed by atoms with E-state index in [0.717, 1.165) is 38.5 Å². The van der Waals surface area contributed by atoms with Gasteiger partial charge in [-0.05, 0) is 104 Å². The Bertz CT molecular complexity index is 2460. The van der Waals surface area contributed by atoms with Crippen LogP contribution in [-0.4, -0.2) is 345 Å². The third-order valence-electron chi connectivity index (χ3n) is 23.9. The monoisotopic (exact) mass is 1380 g/mol. The Morgan fingerprint density at radius 3 is 1.60 bits per heavy atom. The van der Waals surface area contributed by atoms with E-state index in [4.69, 9.17) is 61.6 Å². The van der Waals surface area contributed by atoms with Gasteiger partial charge in [0.05, 0.1) is 58.5 Å². The summed E-state index contributed by atoms with van der Waals surface area (Å²) in [6, 6.07) is 0. The van der Waals surface area contributed by atoms with Gasteiger partial charge >= 0.3 is 0 Å². The van der Waals surface area contributed by atoms with Gasteiger partial charge in [-0.25, -0.2) is 0 Å². The average molecular weight is 1380 g/mol. The number of aliphatic hydroxyl groups excluding tert-OH is 19. The minimum absolute atomic E-state index is 0.0703. The summed E-state index contributed by atoms with van der Waals surface area (Å²) < 4.78 is 77.9. The van der Waals surface area contributed by atoms with Gasteiger partial charge in [0.1, 0.15) is 140 Å². The van der Waals surface area contributed by atoms with Gasteiger partial charge < -0.3 is 164 Å². The van der Waals surface area contributed by atoms with Gasteiger partial charge in [0, 0.05) is 12.3 Å². The van der Waals surface area contributed by atoms with Crippen molar-refractivity contribution in [1.29, 1.82) is 0 Å². The smallest absolute Gasteiger partial charge is 0.187 e. The zero-order valence-corrected chi connectivity index (χ0v) is 53.7. The molecule has 11 aliphatic rings. The van der Waals surface area contributed by atoms with Crippen LogP contribution in [-0.2, 0) is 61.6 Å². The van der Waals surface area contributed by atoms with Crippen molar-refractivity contribution in [1.82, 2.24) is 0 Å². The van der Waals surface area contributed by atoms with Crippen molar-refractivity contribution in [3.8, 4) is 0 Å². The summed E-state index contributed by atoms with van der Waals surface area (Å²) in [5, 5.41) is 217. The quantitative estimate of drug-likeness (QED) is 0.0475. The molecular formula is C62H104O33. The van der Waals surface area contributed by atoms with Crippen molar-refractivity contribution >= 4 is 0 Å². The zero-order valence-electron chi connectivity index (χ0n) is 53.7. The molecule has 4 aliphatic carbocycles. The number of fused-ring (bicyclic) bond motifs is 7. The van der Waals surface area contributed by atoms with Gasteiger partial charge in [-0.3, -0.25) is 0 Å². The van der Waals surface area contributed by atoms with E-state index in [0.29, 0.717) is 43.4 Å². The van der Waals surface area contributed by atoms with Crippen LogP contribution in [0.3, 0.4) is 0 Å². The third-order valence-corrected chi connectivity index (χ3v) is 23.9. The zero-order chi connectivity index (χ0) is 68.7. The molecule has 33 nitrogen and oxygen atoms in total. The standard InChI is InChI=1S/C62H104O33/c1-22(20-83-54-46(78)42(74)38(70)31(15-63)86-54)7-12-62(82)23(2)36-30(95-62)14-28-26-6-5-24-13-25(8-10-60(24,3)27(26)9-11-61(28,36)4)85-56-48(80)44(76)50(35(19-67)90-56)91-59-53(52(41(73)34(18-66)89-59)93-55-45(77)37(69)29(68)21-84-55)94-58-49(81)51(40(72)33(17-65)88-58)92-57-47(79)43(75)39(71)32(16-64)87-57/h22-59,63-82H,5-21H2,1-4H3/t22-,23-,24?,25-,26+,27-,28-,29+,30-,31+,32+,33+,34+,35+,36-,37-,38+,39+,40+,41+,42-,43-,44+,45+,46+,47+,48+,49+,50-,51-,52-,53+,54+,55-,56+,57-,58-,59-,60-,61-,62+/m0/s1. The molecule has 0 bridgehead atoms. The lowest BCUT2D eigenvalue weighted by atomic mass is 9.44. The highest BCUT2D eigenvalue weighted by Gasteiger charge is 2.69. The minimum atomic E-state index is -2.21. The maximum atomic E-state index is 12.2. The number of rotatable bonds is 21. The van der Waals surface area contributed by atoms with Crippen LogP contribution in [0.2, 0.25) is 0 Å². The van der Waals surface area contributed by atoms with Crippen molar-refractivity contribution in [2.24, 2.45) is 52.3 Å². The molecule has 7 aliphatic heterocycles. The summed E-state index contributed by atoms with van der Waals surface area (Å²) in [6.07, 6.45) is -44.9. The van der Waals surface area contributed by atoms with Crippen molar-refractivity contribution in [2.45, 2.75) is 288 Å². The SMILES string of the molecule is C[C@@H](CC[C@@]1(O)O[C@H]2C[C@H]3[C@@H]4CCC5C[C@@H](O[C@@H]6O[C@H](CO)[C@H](O[C@@H]7O[C@H](CO)[C@@H](O)[C@H](O[C@@H]8OC[C@@H](O)[C@H](O)[C@H]8O)[C@H]7O[C@@H]7O[C@H](CO)[C@@H](O)[C@H](O[C@@H]8O[C@H](CO)[C@@H](O)[C@H](O)[C@H]8O)[C@H]7O)[C@H](O)[C@H]6O)CC[C@]5(C)[C@H]4CC[C@]3(C)[C@H]2[C@@H]1C)CO[C@@H]1O[C@H](CO)[C@@H](O)[C@H](O)[C@H]1O. The summed E-state index contributed by atoms with van der Waals surface area (Å²) in [5.74, 6) is -0.144. The highest BCUT2D eigenvalue weighted by Crippen LogP contribution is 2.71. The van der Waals surface area contributed by atoms with E-state index in [1.807, 2.05) is 6.92 Å². The summed E-state index contributed by atoms with van der Waals surface area (Å²) in [4.78, 5) is 0. The van der Waals surface area contributed by atoms with Gasteiger partial charge in [-0.15, -0.1) is 0 Å². The topological polar surface area (TPSA) is 525 Å². The second-order valence-electron chi connectivity index (χ2n) is 29.4. The first kappa shape index (κ1) is 74.9. The number of aliphatic hydroxyl groups is 20. The van der Waals surface area contributed by atoms with Crippen molar-refractivity contribution in [2.75, 3.05) is 46.2 Å². The Balaban J connectivity index is 0.734. The highest BCUT2D eigenvalue weighted by atomic mass is 16.8. The normalized spacial score (nSPS) is 55.3. The lowest BCUT2D eigenvalue weighted by Crippen LogP contribution is -2.69. The van der Waals surface area contributed by atoms with Gasteiger partial charge in [0.15, 0.2) is 43.5 Å². The lowest BCUT2D eigenvalue weighted by Gasteiger charge is -2.61. The molecule has 95 heavy (non-hydrogen) atoms. The lowest BCUT2D eigenvalue weighted by molar-refractivity contribution is -0.409. The molecule has 0 radical (unpaired) electrons. The van der Waals surface area contributed by atoms with Crippen LogP contribution in [0.1, 0.15) is 91.9 Å². The molecule has 20 N–H and O–H groups in total. The fourth-order valence-electron chi connectivity index (χ4n) is 18.3. The maximum absolute atomic E-state index is 12.2. The molecule has 1 unspecified atom stereocenters. The molecule has 0 amide bonds. The molecule has 0 spiro atoms. The van der Waals surface area contributed by atoms with Crippen LogP contribution in [0.4, 0.5) is 0 Å². The van der Waals surface area contributed by atoms with Gasteiger partial charge in [-0.1, -0.05) is 27.7 Å². The molecule has 0 aromatic heterocycles. The number of hydrogen-bond acceptors (Lipinski definition) is 33. The molecular weight excluding hydrogens is 1270 g/mol. The van der Waals surface area contributed by atoms with Gasteiger partial charge in [-0.2, -0.15) is 0 Å². The van der Waals surface area contributed by atoms with Crippen LogP contribution in [0, 0.1) is 52.3 Å². The Labute approximate surface area is 548 Å². The van der Waals surface area contributed by atoms with E-state index in [-0.39, 0.29) is 47.2 Å². The summed E-state index contributed by atoms with van der Waals surface area (Å²) >= 11 is 0. The van der Waals surface area contributed by atoms with Crippen molar-refractivity contribution in [3.05, 3.63) is 0 Å². The Morgan fingerprint density at radius 2 is 0.958 bits per heavy atom. The predicted octanol–water partition coefficient (Wildman–Crippen LogP) is -7.67. The highest BCUT2D eigenvalue weighted by molar-refractivity contribution is 5.15. The van der Waals surface area contributed by atoms with E-state index < -0.39 is 230 Å². The Hall–Kier alpha value is -1.32. The molecule has 41 atom stereocenters. The first-order chi connectivity index (χ1) is 45.1. The molecule has 11 rings (SSSR count). The van der Waals surface area contributed by atoms with Crippen LogP contribution in [0.25, 0.3) is 0 Å². The minimum Gasteiger partial charge on any atom is -0.394 e. The number of hydrogen-bond donors (Lipinski definition) is 20. The predicted molar refractivity (Wildman–Crippen MR) is 311 cm³/mol. The third kappa shape index (κ3) is 14.1. The van der Waals surface area contributed by atoms with Crippen LogP contribution >= 0.6 is 0 Å². The van der Waals surface area contributed by atoms with Gasteiger partial charge in [0.25, 0.3) is 0 Å². The largest absolute Gasteiger partial charge is 0.394 e. The molecule has 4 saturated carbocycles. The molecule has 11 fully saturated rings. The van der Waals surface area contributed by atoms with Crippen molar-refractivity contribution < 1.29 is 164 Å². The fraction of sp³-hybridized carbons (Fsp3) is 1.00. The first-order valence-electron chi connectivity index (χ1n) is 33.8. The van der Waals surface area contributed by atoms with E-state index in [9.17, 15) is 102 Å². The molecule has 7 saturated heterocycles. The Kier molecular flexibility index (Phi) is 23.8. The maximum Gasteiger partial charge on any atom is 0.187 e. The fourth-order valence-corrected chi connectivity index (χ4v) is 18.3. The van der Waals surface area contributed by atoms with E-state index in [2.05, 4.69) is 20.8 Å². The average Bonchev–Trinajstić information content (AvgIpc) is 1.56. The van der Waals surface area contributed by atoms with Crippen molar-refractivity contribution in [3.63, 3.8) is 0 Å². The Morgan fingerprint density at radius 1 is 0.453 bits per heavy atom. The van der Waals surface area contributed by atoms with E-state index in [1.54, 1.807) is 0 Å². The van der Waals surface area contributed by atoms with E-state index in [1.165, 1.54) is 0 Å². The van der Waals surface area contributed by atoms with Crippen LogP contribution < -0.4 is 0 Å². The molecule has 7 heterocycles.